The molecule has 1 aromatic heterocycles. The van der Waals surface area contributed by atoms with E-state index < -0.39 is 0 Å². The van der Waals surface area contributed by atoms with E-state index in [-0.39, 0.29) is 5.92 Å². The summed E-state index contributed by atoms with van der Waals surface area (Å²) in [5, 5.41) is 0. The van der Waals surface area contributed by atoms with Crippen LogP contribution in [-0.4, -0.2) is 77.6 Å². The highest BCUT2D eigenvalue weighted by molar-refractivity contribution is 5.79. The van der Waals surface area contributed by atoms with Gasteiger partial charge in [0.05, 0.1) is 6.61 Å². The highest BCUT2D eigenvalue weighted by atomic mass is 16.5. The Morgan fingerprint density at radius 2 is 1.96 bits per heavy atom. The highest BCUT2D eigenvalue weighted by Crippen LogP contribution is 2.22. The number of amides is 1. The first-order chi connectivity index (χ1) is 13.1. The van der Waals surface area contributed by atoms with Gasteiger partial charge in [0.25, 0.3) is 0 Å². The lowest BCUT2D eigenvalue weighted by Crippen LogP contribution is -2.45. The summed E-state index contributed by atoms with van der Waals surface area (Å²) in [6.45, 7) is 12.3. The Morgan fingerprint density at radius 3 is 2.67 bits per heavy atom. The summed E-state index contributed by atoms with van der Waals surface area (Å²) >= 11 is 0. The van der Waals surface area contributed by atoms with Crippen molar-refractivity contribution in [1.82, 2.24) is 19.8 Å². The molecule has 0 aliphatic carbocycles. The first-order valence-electron chi connectivity index (χ1n) is 10.3. The molecule has 2 aliphatic rings. The van der Waals surface area contributed by atoms with E-state index in [1.54, 1.807) is 12.3 Å². The van der Waals surface area contributed by atoms with Crippen LogP contribution in [0.5, 0.6) is 5.88 Å². The van der Waals surface area contributed by atoms with Gasteiger partial charge in [-0.05, 0) is 53.1 Å². The Balaban J connectivity index is 1.55. The Kier molecular flexibility index (Phi) is 6.88. The molecule has 0 radical (unpaired) electrons. The van der Waals surface area contributed by atoms with Crippen LogP contribution < -0.4 is 9.64 Å². The van der Waals surface area contributed by atoms with Gasteiger partial charge in [0, 0.05) is 50.4 Å². The average molecular weight is 376 g/mol. The van der Waals surface area contributed by atoms with Gasteiger partial charge in [-0.15, -0.1) is 0 Å². The molecular weight excluding hydrogens is 342 g/mol. The molecule has 2 fully saturated rings. The number of carbonyl (C=O) groups excluding carboxylic acids is 1. The lowest BCUT2D eigenvalue weighted by atomic mass is 9.94. The van der Waals surface area contributed by atoms with Crippen molar-refractivity contribution in [2.45, 2.75) is 46.1 Å². The molecular formula is C20H33N5O2. The third kappa shape index (κ3) is 5.09. The minimum absolute atomic E-state index is 0.184. The summed E-state index contributed by atoms with van der Waals surface area (Å²) in [5.41, 5.74) is 0. The van der Waals surface area contributed by atoms with Crippen molar-refractivity contribution in [3.8, 4) is 5.88 Å². The van der Waals surface area contributed by atoms with Crippen molar-refractivity contribution in [3.05, 3.63) is 12.3 Å². The summed E-state index contributed by atoms with van der Waals surface area (Å²) in [6, 6.07) is 2.35. The number of carbonyl (C=O) groups is 1. The van der Waals surface area contributed by atoms with Gasteiger partial charge in [-0.2, -0.15) is 4.98 Å². The van der Waals surface area contributed by atoms with Crippen LogP contribution in [0.3, 0.4) is 0 Å². The zero-order valence-electron chi connectivity index (χ0n) is 16.9. The summed E-state index contributed by atoms with van der Waals surface area (Å²) in [6.07, 6.45) is 4.65. The smallest absolute Gasteiger partial charge is 0.228 e. The highest BCUT2D eigenvalue weighted by Gasteiger charge is 2.30. The molecule has 2 saturated heterocycles. The summed E-state index contributed by atoms with van der Waals surface area (Å²) < 4.78 is 5.49. The maximum absolute atomic E-state index is 13.0. The van der Waals surface area contributed by atoms with E-state index in [2.05, 4.69) is 38.5 Å². The summed E-state index contributed by atoms with van der Waals surface area (Å²) in [5.74, 6) is 1.82. The van der Waals surface area contributed by atoms with Gasteiger partial charge >= 0.3 is 0 Å². The number of anilines is 1. The number of hydrogen-bond donors (Lipinski definition) is 0. The van der Waals surface area contributed by atoms with Gasteiger partial charge in [-0.1, -0.05) is 0 Å². The fourth-order valence-electron chi connectivity index (χ4n) is 3.97. The number of likely N-dealkylation sites (tertiary alicyclic amines) is 1. The van der Waals surface area contributed by atoms with E-state index in [4.69, 9.17) is 4.74 Å². The lowest BCUT2D eigenvalue weighted by Gasteiger charge is -2.36. The topological polar surface area (TPSA) is 61.8 Å². The van der Waals surface area contributed by atoms with Crippen molar-refractivity contribution in [2.75, 3.05) is 50.8 Å². The molecule has 0 bridgehead atoms. The number of rotatable bonds is 5. The number of ether oxygens (including phenoxy) is 1. The molecule has 27 heavy (non-hydrogen) atoms. The van der Waals surface area contributed by atoms with Crippen molar-refractivity contribution in [1.29, 1.82) is 0 Å². The SMILES string of the molecule is CCOc1ccnc(N2CCCN(C(=O)C3CCN(C(C)C)CC3)CC2)n1. The predicted octanol–water partition coefficient (Wildman–Crippen LogP) is 2.03. The van der Waals surface area contributed by atoms with Gasteiger partial charge in [-0.3, -0.25) is 4.79 Å². The Hall–Kier alpha value is -1.89. The van der Waals surface area contributed by atoms with Gasteiger partial charge in [0.15, 0.2) is 0 Å². The Bertz CT molecular complexity index is 616. The van der Waals surface area contributed by atoms with E-state index in [9.17, 15) is 4.79 Å². The van der Waals surface area contributed by atoms with Crippen molar-refractivity contribution >= 4 is 11.9 Å². The van der Waals surface area contributed by atoms with E-state index in [0.29, 0.717) is 30.4 Å². The van der Waals surface area contributed by atoms with Gasteiger partial charge in [0.1, 0.15) is 0 Å². The van der Waals surface area contributed by atoms with Crippen molar-refractivity contribution in [2.24, 2.45) is 5.92 Å². The summed E-state index contributed by atoms with van der Waals surface area (Å²) in [7, 11) is 0. The first-order valence-corrected chi connectivity index (χ1v) is 10.3. The molecule has 0 aromatic carbocycles. The zero-order chi connectivity index (χ0) is 19.2. The van der Waals surface area contributed by atoms with Gasteiger partial charge < -0.3 is 19.4 Å². The maximum atomic E-state index is 13.0. The second kappa shape index (κ2) is 9.35. The summed E-state index contributed by atoms with van der Waals surface area (Å²) in [4.78, 5) is 28.6. The van der Waals surface area contributed by atoms with Crippen LogP contribution in [-0.2, 0) is 4.79 Å². The molecule has 0 N–H and O–H groups in total. The molecule has 0 unspecified atom stereocenters. The number of hydrogen-bond acceptors (Lipinski definition) is 6. The van der Waals surface area contributed by atoms with Crippen LogP contribution in [0.1, 0.15) is 40.0 Å². The third-order valence-electron chi connectivity index (χ3n) is 5.61. The maximum Gasteiger partial charge on any atom is 0.228 e. The Morgan fingerprint density at radius 1 is 1.19 bits per heavy atom. The quantitative estimate of drug-likeness (QED) is 0.785. The standard InChI is InChI=1S/C20H33N5O2/c1-4-27-18-6-9-21-20(22-18)25-11-5-10-24(14-15-25)19(26)17-7-12-23(13-8-17)16(2)3/h6,9,16-17H,4-5,7-8,10-15H2,1-3H3. The molecule has 2 aliphatic heterocycles. The third-order valence-corrected chi connectivity index (χ3v) is 5.61. The lowest BCUT2D eigenvalue weighted by molar-refractivity contribution is -0.137. The molecule has 3 rings (SSSR count). The zero-order valence-corrected chi connectivity index (χ0v) is 16.9. The van der Waals surface area contributed by atoms with Crippen LogP contribution >= 0.6 is 0 Å². The molecule has 7 nitrogen and oxygen atoms in total. The minimum Gasteiger partial charge on any atom is -0.478 e. The number of nitrogens with zero attached hydrogens (tertiary/aromatic N) is 5. The minimum atomic E-state index is 0.184. The van der Waals surface area contributed by atoms with Crippen molar-refractivity contribution in [3.63, 3.8) is 0 Å². The average Bonchev–Trinajstić information content (AvgIpc) is 2.94. The fourth-order valence-corrected chi connectivity index (χ4v) is 3.97. The molecule has 0 atom stereocenters. The van der Waals surface area contributed by atoms with Gasteiger partial charge in [-0.25, -0.2) is 4.98 Å². The monoisotopic (exact) mass is 375 g/mol. The molecule has 1 aromatic rings. The number of piperidine rings is 1. The van der Waals surface area contributed by atoms with E-state index in [1.807, 2.05) is 6.92 Å². The van der Waals surface area contributed by atoms with E-state index in [0.717, 1.165) is 58.5 Å². The number of aromatic nitrogens is 2. The van der Waals surface area contributed by atoms with Crippen LogP contribution in [0.15, 0.2) is 12.3 Å². The molecule has 1 amide bonds. The van der Waals surface area contributed by atoms with Crippen molar-refractivity contribution < 1.29 is 9.53 Å². The van der Waals surface area contributed by atoms with E-state index in [1.165, 1.54) is 0 Å². The largest absolute Gasteiger partial charge is 0.478 e. The molecule has 0 saturated carbocycles. The van der Waals surface area contributed by atoms with Crippen LogP contribution in [0.2, 0.25) is 0 Å². The fraction of sp³-hybridized carbons (Fsp3) is 0.750. The second-order valence-electron chi connectivity index (χ2n) is 7.70. The van der Waals surface area contributed by atoms with Crippen LogP contribution in [0, 0.1) is 5.92 Å². The Labute approximate surface area is 162 Å². The molecule has 7 heteroatoms. The van der Waals surface area contributed by atoms with Crippen LogP contribution in [0.25, 0.3) is 0 Å². The molecule has 3 heterocycles. The van der Waals surface area contributed by atoms with Gasteiger partial charge in [0.2, 0.25) is 17.7 Å². The first kappa shape index (κ1) is 19.9. The molecule has 0 spiro atoms. The van der Waals surface area contributed by atoms with Crippen LogP contribution in [0.4, 0.5) is 5.95 Å². The normalized spacial score (nSPS) is 20.0. The molecule has 150 valence electrons. The van der Waals surface area contributed by atoms with E-state index >= 15 is 0 Å². The predicted molar refractivity (Wildman–Crippen MR) is 106 cm³/mol. The second-order valence-corrected chi connectivity index (χ2v) is 7.70.